The molecule has 72 valence electrons. The van der Waals surface area contributed by atoms with E-state index in [-0.39, 0.29) is 0 Å². The van der Waals surface area contributed by atoms with Crippen LogP contribution in [0.2, 0.25) is 0 Å². The molecule has 2 unspecified atom stereocenters. The normalized spacial score (nSPS) is 28.2. The van der Waals surface area contributed by atoms with E-state index < -0.39 is 0 Å². The van der Waals surface area contributed by atoms with E-state index in [1.165, 1.54) is 19.3 Å². The molecule has 1 saturated carbocycles. The van der Waals surface area contributed by atoms with Crippen LogP contribution in [-0.2, 0) is 0 Å². The highest BCUT2D eigenvalue weighted by atomic mass is 15.1. The molecule has 1 fully saturated rings. The van der Waals surface area contributed by atoms with Crippen LogP contribution in [0.3, 0.4) is 0 Å². The molecule has 0 aromatic carbocycles. The van der Waals surface area contributed by atoms with Crippen LogP contribution in [0, 0.1) is 12.8 Å². The second kappa shape index (κ2) is 3.50. The first-order valence-corrected chi connectivity index (χ1v) is 5.00. The van der Waals surface area contributed by atoms with Gasteiger partial charge in [0.2, 0.25) is 0 Å². The first-order chi connectivity index (χ1) is 6.31. The second-order valence-corrected chi connectivity index (χ2v) is 3.95. The van der Waals surface area contributed by atoms with Crippen molar-refractivity contribution in [2.24, 2.45) is 11.7 Å². The molecule has 0 amide bonds. The molecule has 0 aliphatic heterocycles. The maximum atomic E-state index is 5.66. The Bertz CT molecular complexity index is 279. The Morgan fingerprint density at radius 1 is 1.62 bits per heavy atom. The third-order valence-corrected chi connectivity index (χ3v) is 3.10. The Morgan fingerprint density at radius 3 is 3.00 bits per heavy atom. The molecule has 1 aromatic rings. The number of aryl methyl sites for hydroxylation is 1. The zero-order valence-electron chi connectivity index (χ0n) is 8.11. The lowest BCUT2D eigenvalue weighted by molar-refractivity contribution is 0.473. The van der Waals surface area contributed by atoms with Gasteiger partial charge in [-0.25, -0.2) is 4.98 Å². The van der Waals surface area contributed by atoms with Gasteiger partial charge in [-0.2, -0.15) is 0 Å². The van der Waals surface area contributed by atoms with Crippen LogP contribution in [0.25, 0.3) is 0 Å². The fourth-order valence-electron chi connectivity index (χ4n) is 2.29. The lowest BCUT2D eigenvalue weighted by Crippen LogP contribution is -2.12. The van der Waals surface area contributed by atoms with Crippen LogP contribution in [-0.4, -0.2) is 16.1 Å². The Hall–Kier alpha value is -0.830. The van der Waals surface area contributed by atoms with Gasteiger partial charge >= 0.3 is 0 Å². The minimum Gasteiger partial charge on any atom is -0.332 e. The highest BCUT2D eigenvalue weighted by Gasteiger charge is 2.25. The van der Waals surface area contributed by atoms with E-state index in [1.807, 2.05) is 6.20 Å². The number of nitrogens with zero attached hydrogens (tertiary/aromatic N) is 2. The second-order valence-electron chi connectivity index (χ2n) is 3.95. The molecular formula is C10H17N3. The highest BCUT2D eigenvalue weighted by Crippen LogP contribution is 2.34. The summed E-state index contributed by atoms with van der Waals surface area (Å²) in [5.41, 5.74) is 5.66. The van der Waals surface area contributed by atoms with Crippen molar-refractivity contribution < 1.29 is 0 Å². The summed E-state index contributed by atoms with van der Waals surface area (Å²) in [5, 5.41) is 0. The summed E-state index contributed by atoms with van der Waals surface area (Å²) >= 11 is 0. The first kappa shape index (κ1) is 8.75. The van der Waals surface area contributed by atoms with Crippen LogP contribution in [0.15, 0.2) is 12.4 Å². The zero-order chi connectivity index (χ0) is 9.26. The number of rotatable bonds is 2. The number of hydrogen-bond acceptors (Lipinski definition) is 2. The molecule has 2 rings (SSSR count). The van der Waals surface area contributed by atoms with E-state index >= 15 is 0 Å². The summed E-state index contributed by atoms with van der Waals surface area (Å²) in [6.45, 7) is 2.90. The van der Waals surface area contributed by atoms with Crippen molar-refractivity contribution in [3.05, 3.63) is 18.2 Å². The average Bonchev–Trinajstić information content (AvgIpc) is 2.71. The van der Waals surface area contributed by atoms with Gasteiger partial charge < -0.3 is 10.3 Å². The smallest absolute Gasteiger partial charge is 0.105 e. The van der Waals surface area contributed by atoms with Crippen molar-refractivity contribution in [3.63, 3.8) is 0 Å². The number of imidazole rings is 1. The molecule has 3 nitrogen and oxygen atoms in total. The van der Waals surface area contributed by atoms with Crippen molar-refractivity contribution in [2.75, 3.05) is 6.54 Å². The Kier molecular flexibility index (Phi) is 2.36. The van der Waals surface area contributed by atoms with E-state index in [1.54, 1.807) is 0 Å². The van der Waals surface area contributed by atoms with Gasteiger partial charge in [0.25, 0.3) is 0 Å². The summed E-state index contributed by atoms with van der Waals surface area (Å²) in [6, 6.07) is 0.649. The van der Waals surface area contributed by atoms with Gasteiger partial charge in [0.1, 0.15) is 5.82 Å². The van der Waals surface area contributed by atoms with Crippen LogP contribution >= 0.6 is 0 Å². The molecule has 1 aliphatic rings. The van der Waals surface area contributed by atoms with Gasteiger partial charge in [-0.3, -0.25) is 0 Å². The maximum Gasteiger partial charge on any atom is 0.105 e. The molecular weight excluding hydrogens is 162 g/mol. The lowest BCUT2D eigenvalue weighted by atomic mass is 10.1. The Labute approximate surface area is 79.0 Å². The van der Waals surface area contributed by atoms with Gasteiger partial charge in [-0.1, -0.05) is 0 Å². The van der Waals surface area contributed by atoms with E-state index in [4.69, 9.17) is 5.73 Å². The van der Waals surface area contributed by atoms with E-state index in [0.717, 1.165) is 18.3 Å². The SMILES string of the molecule is Cc1nccn1C1CCC(CN)C1. The van der Waals surface area contributed by atoms with Crippen molar-refractivity contribution >= 4 is 0 Å². The Morgan fingerprint density at radius 2 is 2.46 bits per heavy atom. The molecule has 2 N–H and O–H groups in total. The fraction of sp³-hybridized carbons (Fsp3) is 0.700. The molecule has 3 heteroatoms. The number of hydrogen-bond donors (Lipinski definition) is 1. The predicted molar refractivity (Wildman–Crippen MR) is 52.4 cm³/mol. The minimum absolute atomic E-state index is 0.649. The summed E-state index contributed by atoms with van der Waals surface area (Å²) in [7, 11) is 0. The Balaban J connectivity index is 2.08. The van der Waals surface area contributed by atoms with Gasteiger partial charge in [-0.15, -0.1) is 0 Å². The van der Waals surface area contributed by atoms with Crippen LogP contribution in [0.5, 0.6) is 0 Å². The van der Waals surface area contributed by atoms with Crippen molar-refractivity contribution in [1.29, 1.82) is 0 Å². The molecule has 0 radical (unpaired) electrons. The number of aromatic nitrogens is 2. The number of nitrogens with two attached hydrogens (primary N) is 1. The van der Waals surface area contributed by atoms with Crippen molar-refractivity contribution in [3.8, 4) is 0 Å². The van der Waals surface area contributed by atoms with E-state index in [9.17, 15) is 0 Å². The van der Waals surface area contributed by atoms with Crippen LogP contribution in [0.1, 0.15) is 31.1 Å². The van der Waals surface area contributed by atoms with Gasteiger partial charge in [-0.05, 0) is 38.6 Å². The van der Waals surface area contributed by atoms with Crippen molar-refractivity contribution in [1.82, 2.24) is 9.55 Å². The first-order valence-electron chi connectivity index (χ1n) is 5.00. The molecule has 2 atom stereocenters. The third kappa shape index (κ3) is 1.61. The zero-order valence-corrected chi connectivity index (χ0v) is 8.11. The molecule has 13 heavy (non-hydrogen) atoms. The summed E-state index contributed by atoms with van der Waals surface area (Å²) in [6.07, 6.45) is 7.73. The molecule has 0 spiro atoms. The van der Waals surface area contributed by atoms with E-state index in [2.05, 4.69) is 22.7 Å². The molecule has 1 aliphatic carbocycles. The monoisotopic (exact) mass is 179 g/mol. The molecule has 1 heterocycles. The summed E-state index contributed by atoms with van der Waals surface area (Å²) in [5.74, 6) is 1.86. The topological polar surface area (TPSA) is 43.8 Å². The average molecular weight is 179 g/mol. The third-order valence-electron chi connectivity index (χ3n) is 3.10. The lowest BCUT2D eigenvalue weighted by Gasteiger charge is -2.13. The highest BCUT2D eigenvalue weighted by molar-refractivity contribution is 4.94. The largest absolute Gasteiger partial charge is 0.332 e. The summed E-state index contributed by atoms with van der Waals surface area (Å²) in [4.78, 5) is 4.24. The van der Waals surface area contributed by atoms with Gasteiger partial charge in [0, 0.05) is 18.4 Å². The molecule has 0 saturated heterocycles. The van der Waals surface area contributed by atoms with Crippen LogP contribution in [0.4, 0.5) is 0 Å². The van der Waals surface area contributed by atoms with Gasteiger partial charge in [0.05, 0.1) is 0 Å². The van der Waals surface area contributed by atoms with Crippen molar-refractivity contribution in [2.45, 2.75) is 32.2 Å². The molecule has 0 bridgehead atoms. The summed E-state index contributed by atoms with van der Waals surface area (Å²) < 4.78 is 2.29. The maximum absolute atomic E-state index is 5.66. The quantitative estimate of drug-likeness (QED) is 0.747. The molecule has 1 aromatic heterocycles. The fourth-order valence-corrected chi connectivity index (χ4v) is 2.29. The predicted octanol–water partition coefficient (Wildman–Crippen LogP) is 1.49. The van der Waals surface area contributed by atoms with Gasteiger partial charge in [0.15, 0.2) is 0 Å². The standard InChI is InChI=1S/C10H17N3/c1-8-12-4-5-13(8)10-3-2-9(6-10)7-11/h4-5,9-10H,2-3,6-7,11H2,1H3. The van der Waals surface area contributed by atoms with Crippen LogP contribution < -0.4 is 5.73 Å². The van der Waals surface area contributed by atoms with E-state index in [0.29, 0.717) is 6.04 Å². The minimum atomic E-state index is 0.649.